The van der Waals surface area contributed by atoms with Gasteiger partial charge < -0.3 is 5.11 Å². The Bertz CT molecular complexity index is 581. The molecule has 7 unspecified atom stereocenters. The van der Waals surface area contributed by atoms with E-state index in [1.54, 1.807) is 6.42 Å². The van der Waals surface area contributed by atoms with Crippen molar-refractivity contribution < 1.29 is 5.11 Å². The predicted octanol–water partition coefficient (Wildman–Crippen LogP) is 9.42. The Labute approximate surface area is 212 Å². The second-order valence-corrected chi connectivity index (χ2v) is 14.2. The van der Waals surface area contributed by atoms with Crippen LogP contribution in [-0.2, 0) is 0 Å². The smallest absolute Gasteiger partial charge is 0.0462 e. The SMILES string of the molecule is CC1CCC(C2CCCCC2)CC1C(C1CCCCC1)C1CCC(C2CCCCC2)CC1CO. The highest BCUT2D eigenvalue weighted by Crippen LogP contribution is 2.55. The van der Waals surface area contributed by atoms with E-state index in [1.165, 1.54) is 128 Å². The number of rotatable bonds is 6. The van der Waals surface area contributed by atoms with Crippen LogP contribution >= 0.6 is 0 Å². The average Bonchev–Trinajstić information content (AvgIpc) is 2.91. The maximum atomic E-state index is 10.7. The van der Waals surface area contributed by atoms with Crippen LogP contribution in [0.1, 0.15) is 142 Å². The fourth-order valence-corrected chi connectivity index (χ4v) is 10.6. The summed E-state index contributed by atoms with van der Waals surface area (Å²) >= 11 is 0. The van der Waals surface area contributed by atoms with Crippen molar-refractivity contribution in [2.75, 3.05) is 6.61 Å². The van der Waals surface area contributed by atoms with Crippen molar-refractivity contribution in [3.63, 3.8) is 0 Å². The molecule has 5 fully saturated rings. The monoisotopic (exact) mass is 470 g/mol. The lowest BCUT2D eigenvalue weighted by molar-refractivity contribution is -0.0366. The second-order valence-electron chi connectivity index (χ2n) is 14.2. The van der Waals surface area contributed by atoms with Gasteiger partial charge in [0.15, 0.2) is 0 Å². The normalized spacial score (nSPS) is 40.8. The van der Waals surface area contributed by atoms with E-state index in [0.29, 0.717) is 12.5 Å². The molecule has 0 saturated heterocycles. The molecule has 1 heteroatoms. The molecular formula is C33H58O. The summed E-state index contributed by atoms with van der Waals surface area (Å²) in [7, 11) is 0. The third-order valence-electron chi connectivity index (χ3n) is 12.4. The van der Waals surface area contributed by atoms with Gasteiger partial charge in [-0.2, -0.15) is 0 Å². The highest BCUT2D eigenvalue weighted by molar-refractivity contribution is 4.96. The lowest BCUT2D eigenvalue weighted by atomic mass is 9.54. The summed E-state index contributed by atoms with van der Waals surface area (Å²) in [5.74, 6) is 9.19. The first-order valence-electron chi connectivity index (χ1n) is 16.4. The predicted molar refractivity (Wildman–Crippen MR) is 145 cm³/mol. The Balaban J connectivity index is 1.33. The summed E-state index contributed by atoms with van der Waals surface area (Å²) in [6, 6.07) is 0. The van der Waals surface area contributed by atoms with Crippen LogP contribution in [0, 0.1) is 59.2 Å². The summed E-state index contributed by atoms with van der Waals surface area (Å²) in [5, 5.41) is 10.7. The molecule has 1 nitrogen and oxygen atoms in total. The quantitative estimate of drug-likeness (QED) is 0.410. The third kappa shape index (κ3) is 5.92. The third-order valence-corrected chi connectivity index (χ3v) is 12.4. The van der Waals surface area contributed by atoms with Crippen molar-refractivity contribution in [1.29, 1.82) is 0 Å². The molecule has 0 spiro atoms. The molecule has 0 heterocycles. The van der Waals surface area contributed by atoms with Crippen LogP contribution in [-0.4, -0.2) is 11.7 Å². The largest absolute Gasteiger partial charge is 0.396 e. The van der Waals surface area contributed by atoms with Gasteiger partial charge in [0.05, 0.1) is 0 Å². The molecule has 5 aliphatic carbocycles. The van der Waals surface area contributed by atoms with Crippen molar-refractivity contribution in [3.05, 3.63) is 0 Å². The summed E-state index contributed by atoms with van der Waals surface area (Å²) in [6.07, 6.45) is 31.3. The Morgan fingerprint density at radius 1 is 0.529 bits per heavy atom. The highest BCUT2D eigenvalue weighted by Gasteiger charge is 2.46. The molecular weight excluding hydrogens is 412 g/mol. The van der Waals surface area contributed by atoms with Crippen molar-refractivity contribution in [2.24, 2.45) is 59.2 Å². The number of hydrogen-bond donors (Lipinski definition) is 1. The molecule has 1 N–H and O–H groups in total. The molecule has 7 atom stereocenters. The minimum atomic E-state index is 0.476. The maximum Gasteiger partial charge on any atom is 0.0462 e. The Hall–Kier alpha value is -0.0400. The highest BCUT2D eigenvalue weighted by atomic mass is 16.3. The molecule has 5 aliphatic rings. The Morgan fingerprint density at radius 3 is 1.65 bits per heavy atom. The van der Waals surface area contributed by atoms with Gasteiger partial charge in [0.2, 0.25) is 0 Å². The minimum absolute atomic E-state index is 0.476. The molecule has 5 rings (SSSR count). The number of aliphatic hydroxyl groups is 1. The van der Waals surface area contributed by atoms with Crippen LogP contribution in [0.25, 0.3) is 0 Å². The lowest BCUT2D eigenvalue weighted by Crippen LogP contribution is -2.45. The maximum absolute atomic E-state index is 10.7. The fourth-order valence-electron chi connectivity index (χ4n) is 10.6. The molecule has 196 valence electrons. The molecule has 0 aromatic carbocycles. The van der Waals surface area contributed by atoms with Gasteiger partial charge in [-0.15, -0.1) is 0 Å². The lowest BCUT2D eigenvalue weighted by Gasteiger charge is -2.52. The zero-order valence-electron chi connectivity index (χ0n) is 22.8. The first kappa shape index (κ1) is 25.6. The van der Waals surface area contributed by atoms with Gasteiger partial charge in [-0.05, 0) is 91.3 Å². The molecule has 0 aromatic rings. The Kier molecular flexibility index (Phi) is 9.39. The zero-order valence-corrected chi connectivity index (χ0v) is 22.8. The molecule has 0 aliphatic heterocycles. The van der Waals surface area contributed by atoms with Crippen LogP contribution in [0.15, 0.2) is 0 Å². The van der Waals surface area contributed by atoms with Gasteiger partial charge in [0.25, 0.3) is 0 Å². The molecule has 0 bridgehead atoms. The van der Waals surface area contributed by atoms with E-state index < -0.39 is 0 Å². The fraction of sp³-hybridized carbons (Fsp3) is 1.00. The first-order chi connectivity index (χ1) is 16.7. The van der Waals surface area contributed by atoms with Crippen LogP contribution in [0.2, 0.25) is 0 Å². The summed E-state index contributed by atoms with van der Waals surface area (Å²) in [4.78, 5) is 0. The van der Waals surface area contributed by atoms with Gasteiger partial charge in [0.1, 0.15) is 0 Å². The van der Waals surface area contributed by atoms with E-state index in [4.69, 9.17) is 0 Å². The van der Waals surface area contributed by atoms with E-state index in [2.05, 4.69) is 6.92 Å². The second kappa shape index (κ2) is 12.5. The average molecular weight is 471 g/mol. The minimum Gasteiger partial charge on any atom is -0.396 e. The van der Waals surface area contributed by atoms with Crippen LogP contribution in [0.5, 0.6) is 0 Å². The molecule has 5 saturated carbocycles. The number of hydrogen-bond acceptors (Lipinski definition) is 1. The van der Waals surface area contributed by atoms with E-state index >= 15 is 0 Å². The van der Waals surface area contributed by atoms with Gasteiger partial charge in [-0.25, -0.2) is 0 Å². The molecule has 0 radical (unpaired) electrons. The van der Waals surface area contributed by atoms with Crippen LogP contribution in [0.3, 0.4) is 0 Å². The van der Waals surface area contributed by atoms with Crippen molar-refractivity contribution in [1.82, 2.24) is 0 Å². The molecule has 0 aromatic heterocycles. The Morgan fingerprint density at radius 2 is 1.06 bits per heavy atom. The topological polar surface area (TPSA) is 20.2 Å². The molecule has 0 amide bonds. The van der Waals surface area contributed by atoms with Crippen molar-refractivity contribution in [3.8, 4) is 0 Å². The van der Waals surface area contributed by atoms with Crippen LogP contribution in [0.4, 0.5) is 0 Å². The summed E-state index contributed by atoms with van der Waals surface area (Å²) in [6.45, 7) is 3.11. The standard InChI is InChI=1S/C33H58O/c1-24-17-18-29(26-13-7-3-8-14-26)22-32(24)33(27-15-9-4-10-16-27)31-20-19-28(21-30(31)23-34)25-11-5-2-6-12-25/h24-34H,2-23H2,1H3. The van der Waals surface area contributed by atoms with E-state index in [9.17, 15) is 5.11 Å². The van der Waals surface area contributed by atoms with E-state index in [-0.39, 0.29) is 0 Å². The van der Waals surface area contributed by atoms with Gasteiger partial charge in [-0.1, -0.05) is 110 Å². The summed E-state index contributed by atoms with van der Waals surface area (Å²) in [5.41, 5.74) is 0. The van der Waals surface area contributed by atoms with Crippen molar-refractivity contribution in [2.45, 2.75) is 142 Å². The van der Waals surface area contributed by atoms with Crippen LogP contribution < -0.4 is 0 Å². The van der Waals surface area contributed by atoms with Gasteiger partial charge >= 0.3 is 0 Å². The van der Waals surface area contributed by atoms with Crippen molar-refractivity contribution >= 4 is 0 Å². The van der Waals surface area contributed by atoms with E-state index in [1.807, 2.05) is 0 Å². The number of aliphatic hydroxyl groups excluding tert-OH is 1. The molecule has 34 heavy (non-hydrogen) atoms. The van der Waals surface area contributed by atoms with Gasteiger partial charge in [-0.3, -0.25) is 0 Å². The zero-order chi connectivity index (χ0) is 23.3. The summed E-state index contributed by atoms with van der Waals surface area (Å²) < 4.78 is 0. The first-order valence-corrected chi connectivity index (χ1v) is 16.4. The van der Waals surface area contributed by atoms with E-state index in [0.717, 1.165) is 53.3 Å². The van der Waals surface area contributed by atoms with Gasteiger partial charge in [0, 0.05) is 6.61 Å².